The summed E-state index contributed by atoms with van der Waals surface area (Å²) in [5, 5.41) is 25.3. The van der Waals surface area contributed by atoms with Crippen LogP contribution in [0.15, 0.2) is 71.7 Å². The molecule has 0 saturated carbocycles. The number of hydrogen-bond donors (Lipinski definition) is 2. The van der Waals surface area contributed by atoms with Gasteiger partial charge in [0.25, 0.3) is 5.56 Å². The lowest BCUT2D eigenvalue weighted by Gasteiger charge is -2.29. The van der Waals surface area contributed by atoms with E-state index in [1.807, 2.05) is 42.5 Å². The predicted molar refractivity (Wildman–Crippen MR) is 103 cm³/mol. The van der Waals surface area contributed by atoms with Gasteiger partial charge in [-0.1, -0.05) is 48.5 Å². The van der Waals surface area contributed by atoms with E-state index in [9.17, 15) is 15.0 Å². The number of benzene rings is 2. The van der Waals surface area contributed by atoms with Gasteiger partial charge in [0, 0.05) is 10.9 Å². The molecule has 3 atom stereocenters. The second kappa shape index (κ2) is 7.93. The highest BCUT2D eigenvalue weighted by molar-refractivity contribution is 5.93. The van der Waals surface area contributed by atoms with Crippen LogP contribution in [0.1, 0.15) is 0 Å². The normalized spacial score (nSPS) is 21.6. The third kappa shape index (κ3) is 3.43. The minimum Gasteiger partial charge on any atom is -0.493 e. The molecule has 28 heavy (non-hydrogen) atoms. The van der Waals surface area contributed by atoms with E-state index in [0.29, 0.717) is 11.1 Å². The third-order valence-electron chi connectivity index (χ3n) is 4.72. The Bertz CT molecular complexity index is 1050. The highest BCUT2D eigenvalue weighted by atomic mass is 16.5. The van der Waals surface area contributed by atoms with Gasteiger partial charge in [0.2, 0.25) is 0 Å². The van der Waals surface area contributed by atoms with Crippen LogP contribution in [0.4, 0.5) is 0 Å². The summed E-state index contributed by atoms with van der Waals surface area (Å²) in [5.74, 6) is 0. The second-order valence-electron chi connectivity index (χ2n) is 6.50. The first-order valence-corrected chi connectivity index (χ1v) is 8.97. The van der Waals surface area contributed by atoms with Crippen LogP contribution in [0.2, 0.25) is 0 Å². The summed E-state index contributed by atoms with van der Waals surface area (Å²) in [5.41, 5.74) is 1.29. The Morgan fingerprint density at radius 1 is 1.07 bits per heavy atom. The minimum atomic E-state index is -1.04. The van der Waals surface area contributed by atoms with Crippen molar-refractivity contribution in [2.45, 2.75) is 25.0 Å². The molecular formula is C21H20N2O5. The number of aliphatic hydroxyl groups excluding tert-OH is 2. The van der Waals surface area contributed by atoms with Gasteiger partial charge in [0.15, 0.2) is 0 Å². The number of rotatable bonds is 5. The predicted octanol–water partition coefficient (Wildman–Crippen LogP) is 1.67. The molecule has 0 amide bonds. The number of ether oxygens (including phenoxy) is 2. The molecule has 1 aliphatic rings. The molecule has 7 heteroatoms. The molecule has 0 spiro atoms. The zero-order valence-corrected chi connectivity index (χ0v) is 15.0. The van der Waals surface area contributed by atoms with Crippen molar-refractivity contribution in [1.29, 1.82) is 0 Å². The summed E-state index contributed by atoms with van der Waals surface area (Å²) >= 11 is 0. The molecule has 1 aromatic heterocycles. The number of aliphatic hydroxyl groups is 2. The lowest BCUT2D eigenvalue weighted by molar-refractivity contribution is -0.117. The first-order chi connectivity index (χ1) is 13.7. The molecule has 0 radical (unpaired) electrons. The van der Waals surface area contributed by atoms with Gasteiger partial charge in [-0.2, -0.15) is 5.10 Å². The summed E-state index contributed by atoms with van der Waals surface area (Å²) in [6.07, 6.45) is 0.396. The fourth-order valence-corrected chi connectivity index (χ4v) is 3.22. The van der Waals surface area contributed by atoms with Crippen molar-refractivity contribution in [2.24, 2.45) is 0 Å². The zero-order chi connectivity index (χ0) is 19.5. The molecule has 4 rings (SSSR count). The lowest BCUT2D eigenvalue weighted by atomic mass is 10.1. The van der Waals surface area contributed by atoms with Crippen molar-refractivity contribution < 1.29 is 19.7 Å². The zero-order valence-electron chi connectivity index (χ0n) is 15.0. The number of hydrogen-bond acceptors (Lipinski definition) is 6. The van der Waals surface area contributed by atoms with Gasteiger partial charge < -0.3 is 19.7 Å². The monoisotopic (exact) mass is 380 g/mol. The van der Waals surface area contributed by atoms with Crippen molar-refractivity contribution in [2.75, 3.05) is 6.61 Å². The molecule has 0 saturated heterocycles. The molecule has 1 aliphatic heterocycles. The summed E-state index contributed by atoms with van der Waals surface area (Å²) in [7, 11) is 0. The van der Waals surface area contributed by atoms with Crippen LogP contribution < -0.4 is 5.56 Å². The summed E-state index contributed by atoms with van der Waals surface area (Å²) in [4.78, 5) is 12.9. The van der Waals surface area contributed by atoms with Crippen LogP contribution >= 0.6 is 0 Å². The maximum absolute atomic E-state index is 12.9. The molecule has 0 aliphatic carbocycles. The number of fused-ring (bicyclic) bond motifs is 1. The smallest absolute Gasteiger partial charge is 0.276 e. The average molecular weight is 380 g/mol. The van der Waals surface area contributed by atoms with Gasteiger partial charge in [-0.25, -0.2) is 4.68 Å². The van der Waals surface area contributed by atoms with Crippen LogP contribution in [0.25, 0.3) is 22.0 Å². The highest BCUT2D eigenvalue weighted by Gasteiger charge is 2.30. The van der Waals surface area contributed by atoms with E-state index in [1.54, 1.807) is 18.2 Å². The van der Waals surface area contributed by atoms with Crippen molar-refractivity contribution in [1.82, 2.24) is 9.78 Å². The van der Waals surface area contributed by atoms with E-state index in [1.165, 1.54) is 10.9 Å². The van der Waals surface area contributed by atoms with E-state index >= 15 is 0 Å². The molecule has 144 valence electrons. The summed E-state index contributed by atoms with van der Waals surface area (Å²) in [6, 6.07) is 16.9. The molecule has 7 nitrogen and oxygen atoms in total. The summed E-state index contributed by atoms with van der Waals surface area (Å²) in [6.45, 7) is -0.481. The van der Waals surface area contributed by atoms with Crippen LogP contribution in [-0.2, 0) is 16.2 Å². The van der Waals surface area contributed by atoms with Gasteiger partial charge in [0.1, 0.15) is 25.0 Å². The Morgan fingerprint density at radius 2 is 1.79 bits per heavy atom. The fourth-order valence-electron chi connectivity index (χ4n) is 3.22. The molecule has 3 aromatic rings. The Kier molecular flexibility index (Phi) is 5.21. The van der Waals surface area contributed by atoms with Crippen LogP contribution in [0.3, 0.4) is 0 Å². The average Bonchev–Trinajstić information content (AvgIpc) is 2.75. The topological polar surface area (TPSA) is 93.8 Å². The van der Waals surface area contributed by atoms with Gasteiger partial charge >= 0.3 is 0 Å². The maximum Gasteiger partial charge on any atom is 0.276 e. The van der Waals surface area contributed by atoms with Crippen molar-refractivity contribution in [3.63, 3.8) is 0 Å². The standard InChI is InChI=1S/C21H20N2O5/c24-12-18-20(25)17(10-11-27-18)28-13-23-21(26)16-9-5-4-8-15(16)19(22-23)14-6-2-1-3-7-14/h1-11,17-18,20,24-25H,12-13H2/t17-,18-,20-/m1/s1. The molecule has 0 unspecified atom stereocenters. The van der Waals surface area contributed by atoms with E-state index in [0.717, 1.165) is 10.9 Å². The number of aromatic nitrogens is 2. The Balaban J connectivity index is 1.70. The molecule has 2 aromatic carbocycles. The fraction of sp³-hybridized carbons (Fsp3) is 0.238. The quantitative estimate of drug-likeness (QED) is 0.699. The highest BCUT2D eigenvalue weighted by Crippen LogP contribution is 2.24. The van der Waals surface area contributed by atoms with Crippen LogP contribution in [-0.4, -0.2) is 44.9 Å². The third-order valence-corrected chi connectivity index (χ3v) is 4.72. The van der Waals surface area contributed by atoms with Crippen molar-refractivity contribution in [3.05, 3.63) is 77.3 Å². The van der Waals surface area contributed by atoms with Crippen molar-refractivity contribution >= 4 is 10.8 Å². The van der Waals surface area contributed by atoms with Crippen LogP contribution in [0, 0.1) is 0 Å². The van der Waals surface area contributed by atoms with E-state index < -0.39 is 18.3 Å². The molecule has 2 heterocycles. The minimum absolute atomic E-state index is 0.145. The molecule has 0 bridgehead atoms. The Labute approximate surface area is 161 Å². The first kappa shape index (κ1) is 18.4. The largest absolute Gasteiger partial charge is 0.493 e. The van der Waals surface area contributed by atoms with Crippen LogP contribution in [0.5, 0.6) is 0 Å². The van der Waals surface area contributed by atoms with Gasteiger partial charge in [-0.3, -0.25) is 4.79 Å². The SMILES string of the molecule is O=c1c2ccccc2c(-c2ccccc2)nn1CO[C@@H]1C=CO[C@H](CO)[C@@H]1O. The van der Waals surface area contributed by atoms with E-state index in [2.05, 4.69) is 5.10 Å². The lowest BCUT2D eigenvalue weighted by Crippen LogP contribution is -2.44. The summed E-state index contributed by atoms with van der Waals surface area (Å²) < 4.78 is 12.1. The molecular weight excluding hydrogens is 360 g/mol. The first-order valence-electron chi connectivity index (χ1n) is 8.97. The van der Waals surface area contributed by atoms with Gasteiger partial charge in [0.05, 0.1) is 23.9 Å². The Morgan fingerprint density at radius 3 is 2.54 bits per heavy atom. The maximum atomic E-state index is 12.9. The van der Waals surface area contributed by atoms with Gasteiger partial charge in [-0.05, 0) is 12.1 Å². The second-order valence-corrected chi connectivity index (χ2v) is 6.50. The van der Waals surface area contributed by atoms with E-state index in [4.69, 9.17) is 9.47 Å². The molecule has 2 N–H and O–H groups in total. The van der Waals surface area contributed by atoms with Gasteiger partial charge in [-0.15, -0.1) is 0 Å². The molecule has 0 fully saturated rings. The van der Waals surface area contributed by atoms with E-state index in [-0.39, 0.29) is 18.9 Å². The number of nitrogens with zero attached hydrogens (tertiary/aromatic N) is 2. The van der Waals surface area contributed by atoms with Crippen molar-refractivity contribution in [3.8, 4) is 11.3 Å². The Hall–Kier alpha value is -3.00.